The number of para-hydroxylation sites is 1. The Labute approximate surface area is 154 Å². The summed E-state index contributed by atoms with van der Waals surface area (Å²) in [4.78, 5) is 18.0. The number of rotatable bonds is 6. The molecule has 5 heteroatoms. The Kier molecular flexibility index (Phi) is 4.68. The quantitative estimate of drug-likeness (QED) is 0.507. The van der Waals surface area contributed by atoms with E-state index in [1.807, 2.05) is 23.6 Å². The number of carbonyl (C=O) groups excluding carboxylic acids is 1. The van der Waals surface area contributed by atoms with E-state index in [0.717, 1.165) is 10.4 Å². The van der Waals surface area contributed by atoms with Crippen molar-refractivity contribution in [2.45, 2.75) is 12.3 Å². The van der Waals surface area contributed by atoms with Crippen LogP contribution in [0.5, 0.6) is 0 Å². The van der Waals surface area contributed by atoms with Crippen molar-refractivity contribution in [3.8, 4) is 0 Å². The van der Waals surface area contributed by atoms with Gasteiger partial charge in [-0.15, -0.1) is 22.7 Å². The van der Waals surface area contributed by atoms with Gasteiger partial charge in [-0.3, -0.25) is 4.79 Å². The lowest BCUT2D eigenvalue weighted by Gasteiger charge is -2.16. The van der Waals surface area contributed by atoms with E-state index in [4.69, 9.17) is 0 Å². The first kappa shape index (κ1) is 16.1. The zero-order chi connectivity index (χ0) is 17.1. The average molecular weight is 367 g/mol. The van der Waals surface area contributed by atoms with Crippen LogP contribution in [0, 0.1) is 0 Å². The molecule has 0 aliphatic heterocycles. The number of carbonyl (C=O) groups is 1. The third-order valence-electron chi connectivity index (χ3n) is 4.30. The highest BCUT2D eigenvalue weighted by molar-refractivity contribution is 7.10. The van der Waals surface area contributed by atoms with Crippen LogP contribution >= 0.6 is 22.7 Å². The van der Waals surface area contributed by atoms with Crippen LogP contribution in [0.2, 0.25) is 0 Å². The normalized spacial score (nSPS) is 12.3. The number of fused-ring (bicyclic) bond motifs is 1. The van der Waals surface area contributed by atoms with Crippen LogP contribution in [-0.2, 0) is 11.2 Å². The van der Waals surface area contributed by atoms with Crippen molar-refractivity contribution in [1.82, 2.24) is 10.3 Å². The summed E-state index contributed by atoms with van der Waals surface area (Å²) in [5.74, 6) is 0.229. The number of hydrogen-bond donors (Lipinski definition) is 2. The summed E-state index contributed by atoms with van der Waals surface area (Å²) < 4.78 is 0. The molecule has 0 spiro atoms. The molecule has 4 rings (SSSR count). The van der Waals surface area contributed by atoms with Crippen LogP contribution in [0.1, 0.15) is 21.2 Å². The van der Waals surface area contributed by atoms with E-state index in [0.29, 0.717) is 13.0 Å². The number of H-pyrrole nitrogens is 1. The Morgan fingerprint density at radius 2 is 1.88 bits per heavy atom. The molecular formula is C20H18N2OS2. The smallest absolute Gasteiger partial charge is 0.225 e. The first-order valence-electron chi connectivity index (χ1n) is 8.20. The number of aromatic amines is 1. The molecule has 0 saturated carbocycles. The molecule has 0 bridgehead atoms. The molecule has 0 saturated heterocycles. The minimum Gasteiger partial charge on any atom is -0.361 e. The van der Waals surface area contributed by atoms with Gasteiger partial charge in [-0.1, -0.05) is 30.3 Å². The molecule has 2 N–H and O–H groups in total. The van der Waals surface area contributed by atoms with Crippen LogP contribution in [-0.4, -0.2) is 17.4 Å². The first-order valence-corrected chi connectivity index (χ1v) is 9.95. The van der Waals surface area contributed by atoms with Crippen LogP contribution in [0.4, 0.5) is 0 Å². The average Bonchev–Trinajstić information content (AvgIpc) is 3.37. The number of amides is 1. The maximum atomic E-state index is 12.3. The third kappa shape index (κ3) is 3.52. The van der Waals surface area contributed by atoms with Gasteiger partial charge in [0.25, 0.3) is 0 Å². The van der Waals surface area contributed by atoms with Gasteiger partial charge in [0.15, 0.2) is 0 Å². The van der Waals surface area contributed by atoms with Crippen molar-refractivity contribution in [3.63, 3.8) is 0 Å². The van der Waals surface area contributed by atoms with E-state index in [-0.39, 0.29) is 11.8 Å². The van der Waals surface area contributed by atoms with Gasteiger partial charge < -0.3 is 10.3 Å². The molecule has 3 aromatic heterocycles. The molecule has 25 heavy (non-hydrogen) atoms. The van der Waals surface area contributed by atoms with Crippen LogP contribution in [0.25, 0.3) is 10.9 Å². The lowest BCUT2D eigenvalue weighted by atomic mass is 9.96. The molecule has 126 valence electrons. The summed E-state index contributed by atoms with van der Waals surface area (Å²) in [5, 5.41) is 8.43. The fraction of sp³-hybridized carbons (Fsp3) is 0.150. The third-order valence-corrected chi connectivity index (χ3v) is 6.16. The second kappa shape index (κ2) is 7.25. The topological polar surface area (TPSA) is 44.9 Å². The van der Waals surface area contributed by atoms with E-state index >= 15 is 0 Å². The summed E-state index contributed by atoms with van der Waals surface area (Å²) in [7, 11) is 0. The number of nitrogens with one attached hydrogen (secondary N) is 2. The summed E-state index contributed by atoms with van der Waals surface area (Å²) in [5.41, 5.74) is 2.36. The monoisotopic (exact) mass is 366 g/mol. The highest BCUT2D eigenvalue weighted by Gasteiger charge is 2.20. The molecule has 0 fully saturated rings. The van der Waals surface area contributed by atoms with Crippen LogP contribution in [0.3, 0.4) is 0 Å². The molecule has 1 atom stereocenters. The van der Waals surface area contributed by atoms with Crippen molar-refractivity contribution < 1.29 is 4.79 Å². The second-order valence-corrected chi connectivity index (χ2v) is 7.93. The summed E-state index contributed by atoms with van der Waals surface area (Å²) in [6.45, 7) is 0.604. The van der Waals surface area contributed by atoms with Crippen molar-refractivity contribution in [2.24, 2.45) is 0 Å². The number of hydrogen-bond acceptors (Lipinski definition) is 3. The zero-order valence-electron chi connectivity index (χ0n) is 13.6. The predicted molar refractivity (Wildman–Crippen MR) is 105 cm³/mol. The lowest BCUT2D eigenvalue weighted by Crippen LogP contribution is -2.29. The fourth-order valence-corrected chi connectivity index (χ4v) is 4.63. The number of benzene rings is 1. The minimum atomic E-state index is 0.0730. The summed E-state index contributed by atoms with van der Waals surface area (Å²) >= 11 is 3.35. The van der Waals surface area contributed by atoms with Gasteiger partial charge in [-0.2, -0.15) is 0 Å². The molecule has 1 amide bonds. The Balaban J connectivity index is 1.56. The molecule has 0 aliphatic rings. The van der Waals surface area contributed by atoms with Gasteiger partial charge in [0, 0.05) is 39.3 Å². The standard InChI is InChI=1S/C20H18N2OS2/c23-20(11-14-5-3-9-24-14)22-13-17(19-8-4-10-25-19)16-12-21-18-7-2-1-6-15(16)18/h1-10,12,17,21H,11,13H2,(H,22,23). The van der Waals surface area contributed by atoms with Crippen molar-refractivity contribution in [3.05, 3.63) is 80.8 Å². The lowest BCUT2D eigenvalue weighted by molar-refractivity contribution is -0.120. The highest BCUT2D eigenvalue weighted by Crippen LogP contribution is 2.32. The van der Waals surface area contributed by atoms with Gasteiger partial charge in [-0.05, 0) is 34.5 Å². The molecule has 4 aromatic rings. The predicted octanol–water partition coefficient (Wildman–Crippen LogP) is 4.78. The molecule has 0 radical (unpaired) electrons. The van der Waals surface area contributed by atoms with Gasteiger partial charge >= 0.3 is 0 Å². The Morgan fingerprint density at radius 1 is 1.04 bits per heavy atom. The molecule has 3 nitrogen and oxygen atoms in total. The van der Waals surface area contributed by atoms with Gasteiger partial charge in [-0.25, -0.2) is 0 Å². The minimum absolute atomic E-state index is 0.0730. The van der Waals surface area contributed by atoms with Gasteiger partial charge in [0.2, 0.25) is 5.91 Å². The SMILES string of the molecule is O=C(Cc1cccs1)NCC(c1cccs1)c1c[nH]c2ccccc12. The molecule has 0 aliphatic carbocycles. The van der Waals surface area contributed by atoms with Gasteiger partial charge in [0.1, 0.15) is 0 Å². The highest BCUT2D eigenvalue weighted by atomic mass is 32.1. The van der Waals surface area contributed by atoms with Crippen molar-refractivity contribution in [2.75, 3.05) is 6.54 Å². The maximum absolute atomic E-state index is 12.3. The second-order valence-electron chi connectivity index (χ2n) is 5.92. The number of thiophene rings is 2. The first-order chi connectivity index (χ1) is 12.3. The Bertz CT molecular complexity index is 955. The van der Waals surface area contributed by atoms with Crippen LogP contribution in [0.15, 0.2) is 65.5 Å². The molecule has 1 unspecified atom stereocenters. The van der Waals surface area contributed by atoms with E-state index in [9.17, 15) is 4.79 Å². The van der Waals surface area contributed by atoms with E-state index < -0.39 is 0 Å². The van der Waals surface area contributed by atoms with E-state index in [1.54, 1.807) is 22.7 Å². The van der Waals surface area contributed by atoms with Crippen molar-refractivity contribution >= 4 is 39.5 Å². The zero-order valence-corrected chi connectivity index (χ0v) is 15.2. The molecular weight excluding hydrogens is 348 g/mol. The van der Waals surface area contributed by atoms with Gasteiger partial charge in [0.05, 0.1) is 6.42 Å². The fourth-order valence-electron chi connectivity index (χ4n) is 3.09. The summed E-state index contributed by atoms with van der Waals surface area (Å²) in [6, 6.07) is 16.5. The van der Waals surface area contributed by atoms with E-state index in [2.05, 4.69) is 52.2 Å². The molecule has 1 aromatic carbocycles. The molecule has 3 heterocycles. The van der Waals surface area contributed by atoms with Crippen LogP contribution < -0.4 is 5.32 Å². The number of aromatic nitrogens is 1. The Hall–Kier alpha value is -2.37. The Morgan fingerprint density at radius 3 is 2.68 bits per heavy atom. The largest absolute Gasteiger partial charge is 0.361 e. The maximum Gasteiger partial charge on any atom is 0.225 e. The van der Waals surface area contributed by atoms with Crippen molar-refractivity contribution in [1.29, 1.82) is 0 Å². The van der Waals surface area contributed by atoms with E-state index in [1.165, 1.54) is 15.8 Å². The summed E-state index contributed by atoms with van der Waals surface area (Å²) in [6.07, 6.45) is 2.52.